The number of hydrogen-bond acceptors (Lipinski definition) is 3. The maximum absolute atomic E-state index is 13.0. The van der Waals surface area contributed by atoms with Crippen molar-refractivity contribution in [1.29, 1.82) is 0 Å². The lowest BCUT2D eigenvalue weighted by molar-refractivity contribution is 0.601. The zero-order valence-electron chi connectivity index (χ0n) is 10.7. The van der Waals surface area contributed by atoms with Crippen LogP contribution in [0.2, 0.25) is 0 Å². The summed E-state index contributed by atoms with van der Waals surface area (Å²) in [6, 6.07) is 4.77. The summed E-state index contributed by atoms with van der Waals surface area (Å²) in [5, 5.41) is 3.12. The van der Waals surface area contributed by atoms with Gasteiger partial charge in [0.1, 0.15) is 11.3 Å². The lowest BCUT2D eigenvalue weighted by Crippen LogP contribution is -2.04. The molecule has 4 heteroatoms. The Morgan fingerprint density at radius 2 is 2.28 bits per heavy atom. The first-order valence-electron chi connectivity index (χ1n) is 6.20. The summed E-state index contributed by atoms with van der Waals surface area (Å²) in [6.45, 7) is 4.93. The minimum atomic E-state index is -0.315. The molecular weight excluding hydrogens is 231 g/mol. The molecule has 0 amide bonds. The molecule has 1 heterocycles. The maximum Gasteiger partial charge on any atom is 0.295 e. The van der Waals surface area contributed by atoms with E-state index >= 15 is 0 Å². The van der Waals surface area contributed by atoms with Gasteiger partial charge in [0, 0.05) is 12.6 Å². The number of allylic oxidation sites excluding steroid dienone is 1. The van der Waals surface area contributed by atoms with Crippen molar-refractivity contribution in [3.63, 3.8) is 0 Å². The van der Waals surface area contributed by atoms with Gasteiger partial charge < -0.3 is 9.73 Å². The molecule has 1 N–H and O–H groups in total. The van der Waals surface area contributed by atoms with E-state index in [4.69, 9.17) is 4.42 Å². The molecule has 0 aliphatic heterocycles. The highest BCUT2D eigenvalue weighted by Crippen LogP contribution is 2.20. The van der Waals surface area contributed by atoms with Crippen molar-refractivity contribution in [1.82, 2.24) is 4.98 Å². The van der Waals surface area contributed by atoms with Crippen LogP contribution in [0.3, 0.4) is 0 Å². The van der Waals surface area contributed by atoms with E-state index in [0.717, 1.165) is 12.8 Å². The fraction of sp³-hybridized carbons (Fsp3) is 0.357. The number of oxazole rings is 1. The van der Waals surface area contributed by atoms with Gasteiger partial charge in [-0.3, -0.25) is 0 Å². The SMILES string of the molecule is CC/C=C(\CC)CNc1nc2ccc(F)cc2o1. The van der Waals surface area contributed by atoms with Gasteiger partial charge in [0.2, 0.25) is 0 Å². The van der Waals surface area contributed by atoms with Gasteiger partial charge in [-0.05, 0) is 25.0 Å². The second-order valence-corrected chi connectivity index (χ2v) is 4.11. The molecule has 18 heavy (non-hydrogen) atoms. The minimum Gasteiger partial charge on any atom is -0.423 e. The van der Waals surface area contributed by atoms with Crippen molar-refractivity contribution >= 4 is 17.1 Å². The normalized spacial score (nSPS) is 12.1. The van der Waals surface area contributed by atoms with E-state index in [-0.39, 0.29) is 5.82 Å². The largest absolute Gasteiger partial charge is 0.423 e. The van der Waals surface area contributed by atoms with E-state index in [1.54, 1.807) is 6.07 Å². The van der Waals surface area contributed by atoms with E-state index in [0.29, 0.717) is 23.7 Å². The molecule has 0 aliphatic rings. The number of halogens is 1. The molecule has 2 rings (SSSR count). The Morgan fingerprint density at radius 3 is 3.00 bits per heavy atom. The Hall–Kier alpha value is -1.84. The van der Waals surface area contributed by atoms with Gasteiger partial charge in [-0.15, -0.1) is 0 Å². The van der Waals surface area contributed by atoms with E-state index in [9.17, 15) is 4.39 Å². The van der Waals surface area contributed by atoms with Crippen LogP contribution in [0, 0.1) is 5.82 Å². The van der Waals surface area contributed by atoms with Gasteiger partial charge in [-0.2, -0.15) is 4.98 Å². The van der Waals surface area contributed by atoms with Crippen molar-refractivity contribution < 1.29 is 8.81 Å². The van der Waals surface area contributed by atoms with Gasteiger partial charge in [0.25, 0.3) is 6.01 Å². The minimum absolute atomic E-state index is 0.315. The van der Waals surface area contributed by atoms with Crippen LogP contribution in [0.1, 0.15) is 26.7 Å². The summed E-state index contributed by atoms with van der Waals surface area (Å²) >= 11 is 0. The molecule has 1 aromatic heterocycles. The number of anilines is 1. The average Bonchev–Trinajstić information content (AvgIpc) is 2.76. The quantitative estimate of drug-likeness (QED) is 0.809. The molecule has 96 valence electrons. The highest BCUT2D eigenvalue weighted by Gasteiger charge is 2.06. The Morgan fingerprint density at radius 1 is 1.44 bits per heavy atom. The third kappa shape index (κ3) is 2.88. The average molecular weight is 248 g/mol. The van der Waals surface area contributed by atoms with Crippen molar-refractivity contribution in [3.05, 3.63) is 35.7 Å². The van der Waals surface area contributed by atoms with E-state index in [2.05, 4.69) is 30.2 Å². The van der Waals surface area contributed by atoms with Crippen LogP contribution in [0.25, 0.3) is 11.1 Å². The summed E-state index contributed by atoms with van der Waals surface area (Å²) in [5.74, 6) is -0.315. The summed E-state index contributed by atoms with van der Waals surface area (Å²) < 4.78 is 18.4. The fourth-order valence-corrected chi connectivity index (χ4v) is 1.79. The van der Waals surface area contributed by atoms with Crippen molar-refractivity contribution in [2.75, 3.05) is 11.9 Å². The molecule has 3 nitrogen and oxygen atoms in total. The summed E-state index contributed by atoms with van der Waals surface area (Å²) in [4.78, 5) is 4.25. The van der Waals surface area contributed by atoms with Gasteiger partial charge in [0.15, 0.2) is 5.58 Å². The molecule has 0 fully saturated rings. The van der Waals surface area contributed by atoms with Gasteiger partial charge in [-0.1, -0.05) is 25.5 Å². The topological polar surface area (TPSA) is 38.1 Å². The van der Waals surface area contributed by atoms with Crippen molar-refractivity contribution in [3.8, 4) is 0 Å². The second-order valence-electron chi connectivity index (χ2n) is 4.11. The van der Waals surface area contributed by atoms with Crippen molar-refractivity contribution in [2.45, 2.75) is 26.7 Å². The Labute approximate surface area is 106 Å². The highest BCUT2D eigenvalue weighted by molar-refractivity contribution is 5.74. The number of aromatic nitrogens is 1. The Bertz CT molecular complexity index is 560. The zero-order valence-corrected chi connectivity index (χ0v) is 10.7. The number of rotatable bonds is 5. The molecule has 0 aliphatic carbocycles. The molecule has 0 atom stereocenters. The van der Waals surface area contributed by atoms with Crippen LogP contribution in [0.15, 0.2) is 34.3 Å². The first kappa shape index (κ1) is 12.6. The number of benzene rings is 1. The van der Waals surface area contributed by atoms with Crippen LogP contribution in [-0.2, 0) is 0 Å². The summed E-state index contributed by atoms with van der Waals surface area (Å²) in [7, 11) is 0. The van der Waals surface area contributed by atoms with E-state index in [1.807, 2.05) is 0 Å². The molecule has 0 spiro atoms. The first-order valence-corrected chi connectivity index (χ1v) is 6.20. The Balaban J connectivity index is 2.10. The summed E-state index contributed by atoms with van der Waals surface area (Å²) in [6.07, 6.45) is 4.20. The molecule has 0 unspecified atom stereocenters. The predicted octanol–water partition coefficient (Wildman–Crippen LogP) is 4.13. The number of hydrogen-bond donors (Lipinski definition) is 1. The van der Waals surface area contributed by atoms with E-state index in [1.165, 1.54) is 17.7 Å². The van der Waals surface area contributed by atoms with Crippen LogP contribution in [0.5, 0.6) is 0 Å². The van der Waals surface area contributed by atoms with Gasteiger partial charge in [0.05, 0.1) is 0 Å². The fourth-order valence-electron chi connectivity index (χ4n) is 1.79. The van der Waals surface area contributed by atoms with Gasteiger partial charge in [-0.25, -0.2) is 4.39 Å². The lowest BCUT2D eigenvalue weighted by atomic mass is 10.2. The molecular formula is C14H17FN2O. The summed E-state index contributed by atoms with van der Waals surface area (Å²) in [5.41, 5.74) is 2.44. The molecule has 2 aromatic rings. The predicted molar refractivity (Wildman–Crippen MR) is 71.1 cm³/mol. The van der Waals surface area contributed by atoms with E-state index < -0.39 is 0 Å². The number of nitrogens with zero attached hydrogens (tertiary/aromatic N) is 1. The monoisotopic (exact) mass is 248 g/mol. The maximum atomic E-state index is 13.0. The van der Waals surface area contributed by atoms with Crippen LogP contribution < -0.4 is 5.32 Å². The van der Waals surface area contributed by atoms with Crippen LogP contribution in [0.4, 0.5) is 10.4 Å². The lowest BCUT2D eigenvalue weighted by Gasteiger charge is -2.04. The smallest absolute Gasteiger partial charge is 0.295 e. The zero-order chi connectivity index (χ0) is 13.0. The standard InChI is InChI=1S/C14H17FN2O/c1-3-5-10(4-2)9-16-14-17-12-7-6-11(15)8-13(12)18-14/h5-8H,3-4,9H2,1-2H3,(H,16,17)/b10-5+. The third-order valence-corrected chi connectivity index (χ3v) is 2.76. The molecule has 0 saturated heterocycles. The molecule has 1 aromatic carbocycles. The van der Waals surface area contributed by atoms with Crippen LogP contribution in [-0.4, -0.2) is 11.5 Å². The highest BCUT2D eigenvalue weighted by atomic mass is 19.1. The molecule has 0 bridgehead atoms. The number of fused-ring (bicyclic) bond motifs is 1. The second kappa shape index (κ2) is 5.67. The van der Waals surface area contributed by atoms with Gasteiger partial charge >= 0.3 is 0 Å². The third-order valence-electron chi connectivity index (χ3n) is 2.76. The Kier molecular flexibility index (Phi) is 3.97. The van der Waals surface area contributed by atoms with Crippen LogP contribution >= 0.6 is 0 Å². The first-order chi connectivity index (χ1) is 8.72. The molecule has 0 radical (unpaired) electrons. The molecule has 0 saturated carbocycles. The van der Waals surface area contributed by atoms with Crippen molar-refractivity contribution in [2.24, 2.45) is 0 Å². The number of nitrogens with one attached hydrogen (secondary N) is 1.